The van der Waals surface area contributed by atoms with Crippen LogP contribution in [0.2, 0.25) is 0 Å². The third kappa shape index (κ3) is 4.00. The summed E-state index contributed by atoms with van der Waals surface area (Å²) in [5.74, 6) is 0.908. The molecule has 0 bridgehead atoms. The van der Waals surface area contributed by atoms with Gasteiger partial charge in [0.2, 0.25) is 0 Å². The second-order valence-electron chi connectivity index (χ2n) is 6.57. The van der Waals surface area contributed by atoms with E-state index >= 15 is 0 Å². The second-order valence-corrected chi connectivity index (χ2v) is 6.57. The number of amides is 2. The fourth-order valence-electron chi connectivity index (χ4n) is 3.55. The minimum absolute atomic E-state index is 0.256. The van der Waals surface area contributed by atoms with E-state index in [0.717, 1.165) is 13.1 Å². The summed E-state index contributed by atoms with van der Waals surface area (Å²) >= 11 is 0. The Hall–Kier alpha value is -1.56. The molecular formula is C16H27N3O3. The van der Waals surface area contributed by atoms with Crippen molar-refractivity contribution >= 4 is 12.0 Å². The Kier molecular flexibility index (Phi) is 5.45. The number of nitrogens with one attached hydrogen (secondary N) is 2. The molecule has 6 heteroatoms. The number of rotatable bonds is 4. The SMILES string of the molecule is CCOC(=O)C1=C(CN2CC(C)CC(C)C2)NC(=O)NC1C. The minimum Gasteiger partial charge on any atom is -0.463 e. The Balaban J connectivity index is 2.19. The molecule has 0 aromatic carbocycles. The van der Waals surface area contributed by atoms with Crippen molar-refractivity contribution < 1.29 is 14.3 Å². The van der Waals surface area contributed by atoms with Gasteiger partial charge in [0.15, 0.2) is 0 Å². The standard InChI is InChI=1S/C16H27N3O3/c1-5-22-15(20)14-12(4)17-16(21)18-13(14)9-19-7-10(2)6-11(3)8-19/h10-12H,5-9H2,1-4H3,(H2,17,18,21). The third-order valence-electron chi connectivity index (χ3n) is 4.19. The van der Waals surface area contributed by atoms with Crippen LogP contribution in [-0.4, -0.2) is 49.2 Å². The number of carbonyl (C=O) groups is 2. The van der Waals surface area contributed by atoms with Crippen LogP contribution in [0.5, 0.6) is 0 Å². The third-order valence-corrected chi connectivity index (χ3v) is 4.19. The first-order valence-electron chi connectivity index (χ1n) is 8.10. The average Bonchev–Trinajstić information content (AvgIpc) is 2.36. The maximum atomic E-state index is 12.2. The van der Waals surface area contributed by atoms with Crippen LogP contribution in [0.3, 0.4) is 0 Å². The molecule has 2 amide bonds. The molecule has 2 aliphatic heterocycles. The van der Waals surface area contributed by atoms with Gasteiger partial charge in [0.25, 0.3) is 0 Å². The Morgan fingerprint density at radius 3 is 2.50 bits per heavy atom. The Morgan fingerprint density at radius 1 is 1.27 bits per heavy atom. The Labute approximate surface area is 132 Å². The molecular weight excluding hydrogens is 282 g/mol. The van der Waals surface area contributed by atoms with E-state index in [1.807, 2.05) is 6.92 Å². The Bertz CT molecular complexity index is 465. The van der Waals surface area contributed by atoms with E-state index in [4.69, 9.17) is 4.74 Å². The highest BCUT2D eigenvalue weighted by Crippen LogP contribution is 2.23. The van der Waals surface area contributed by atoms with E-state index < -0.39 is 0 Å². The lowest BCUT2D eigenvalue weighted by atomic mass is 9.91. The monoisotopic (exact) mass is 309 g/mol. The van der Waals surface area contributed by atoms with Gasteiger partial charge >= 0.3 is 12.0 Å². The van der Waals surface area contributed by atoms with E-state index in [-0.39, 0.29) is 18.0 Å². The van der Waals surface area contributed by atoms with E-state index in [2.05, 4.69) is 29.4 Å². The topological polar surface area (TPSA) is 70.7 Å². The predicted octanol–water partition coefficient (Wildman–Crippen LogP) is 1.48. The lowest BCUT2D eigenvalue weighted by Gasteiger charge is -2.37. The molecule has 0 spiro atoms. The Morgan fingerprint density at radius 2 is 1.91 bits per heavy atom. The largest absolute Gasteiger partial charge is 0.463 e. The first-order valence-corrected chi connectivity index (χ1v) is 8.10. The zero-order chi connectivity index (χ0) is 16.3. The van der Waals surface area contributed by atoms with Crippen LogP contribution in [0.15, 0.2) is 11.3 Å². The van der Waals surface area contributed by atoms with Crippen LogP contribution in [0.25, 0.3) is 0 Å². The highest BCUT2D eigenvalue weighted by atomic mass is 16.5. The van der Waals surface area contributed by atoms with E-state index in [0.29, 0.717) is 36.3 Å². The summed E-state index contributed by atoms with van der Waals surface area (Å²) in [6.07, 6.45) is 1.23. The van der Waals surface area contributed by atoms with Crippen molar-refractivity contribution in [2.75, 3.05) is 26.2 Å². The number of esters is 1. The highest BCUT2D eigenvalue weighted by Gasteiger charge is 2.31. The maximum Gasteiger partial charge on any atom is 0.337 e. The number of carbonyl (C=O) groups excluding carboxylic acids is 2. The van der Waals surface area contributed by atoms with Gasteiger partial charge in [-0.25, -0.2) is 9.59 Å². The van der Waals surface area contributed by atoms with Crippen molar-refractivity contribution in [2.24, 2.45) is 11.8 Å². The summed E-state index contributed by atoms with van der Waals surface area (Å²) in [6, 6.07) is -0.587. The fourth-order valence-corrected chi connectivity index (χ4v) is 3.55. The van der Waals surface area contributed by atoms with E-state index in [1.54, 1.807) is 6.92 Å². The lowest BCUT2D eigenvalue weighted by molar-refractivity contribution is -0.139. The van der Waals surface area contributed by atoms with E-state index in [9.17, 15) is 9.59 Å². The van der Waals surface area contributed by atoms with Gasteiger partial charge < -0.3 is 15.4 Å². The quantitative estimate of drug-likeness (QED) is 0.772. The zero-order valence-electron chi connectivity index (χ0n) is 13.9. The van der Waals surface area contributed by atoms with Crippen LogP contribution in [0.1, 0.15) is 34.1 Å². The van der Waals surface area contributed by atoms with Crippen molar-refractivity contribution in [1.29, 1.82) is 0 Å². The molecule has 22 heavy (non-hydrogen) atoms. The molecule has 6 nitrogen and oxygen atoms in total. The van der Waals surface area contributed by atoms with Crippen molar-refractivity contribution in [3.05, 3.63) is 11.3 Å². The molecule has 124 valence electrons. The summed E-state index contributed by atoms with van der Waals surface area (Å²) in [5.41, 5.74) is 1.21. The van der Waals surface area contributed by atoms with Crippen molar-refractivity contribution in [2.45, 2.75) is 40.2 Å². The summed E-state index contributed by atoms with van der Waals surface area (Å²) < 4.78 is 5.14. The van der Waals surface area contributed by atoms with Gasteiger partial charge in [0.05, 0.1) is 18.2 Å². The second kappa shape index (κ2) is 7.13. The number of ether oxygens (including phenoxy) is 1. The summed E-state index contributed by atoms with van der Waals surface area (Å²) in [5, 5.41) is 5.53. The lowest BCUT2D eigenvalue weighted by Crippen LogP contribution is -2.52. The summed E-state index contributed by atoms with van der Waals surface area (Å²) in [7, 11) is 0. The molecule has 0 radical (unpaired) electrons. The smallest absolute Gasteiger partial charge is 0.337 e. The number of urea groups is 1. The average molecular weight is 309 g/mol. The van der Waals surface area contributed by atoms with Gasteiger partial charge in [-0.2, -0.15) is 0 Å². The van der Waals surface area contributed by atoms with Gasteiger partial charge in [0.1, 0.15) is 0 Å². The van der Waals surface area contributed by atoms with Gasteiger partial charge in [-0.15, -0.1) is 0 Å². The number of nitrogens with zero attached hydrogens (tertiary/aromatic N) is 1. The minimum atomic E-state index is -0.351. The van der Waals surface area contributed by atoms with Crippen molar-refractivity contribution in [1.82, 2.24) is 15.5 Å². The zero-order valence-corrected chi connectivity index (χ0v) is 13.9. The van der Waals surface area contributed by atoms with Crippen LogP contribution in [0, 0.1) is 11.8 Å². The molecule has 0 aliphatic carbocycles. The number of hydrogen-bond donors (Lipinski definition) is 2. The molecule has 2 rings (SSSR count). The number of hydrogen-bond acceptors (Lipinski definition) is 4. The van der Waals surface area contributed by atoms with Crippen LogP contribution < -0.4 is 10.6 Å². The molecule has 2 aliphatic rings. The molecule has 0 saturated carbocycles. The molecule has 2 heterocycles. The van der Waals surface area contributed by atoms with Gasteiger partial charge in [0, 0.05) is 25.3 Å². The highest BCUT2D eigenvalue weighted by molar-refractivity contribution is 5.94. The maximum absolute atomic E-state index is 12.2. The summed E-state index contributed by atoms with van der Waals surface area (Å²) in [4.78, 5) is 26.3. The van der Waals surface area contributed by atoms with Crippen LogP contribution >= 0.6 is 0 Å². The predicted molar refractivity (Wildman–Crippen MR) is 84.2 cm³/mol. The van der Waals surface area contributed by atoms with Gasteiger partial charge in [-0.1, -0.05) is 13.8 Å². The molecule has 3 atom stereocenters. The first-order chi connectivity index (χ1) is 10.4. The normalized spacial score (nSPS) is 29.8. The van der Waals surface area contributed by atoms with Crippen LogP contribution in [0.4, 0.5) is 4.79 Å². The molecule has 2 N–H and O–H groups in total. The summed E-state index contributed by atoms with van der Waals surface area (Å²) in [6.45, 7) is 11.0. The van der Waals surface area contributed by atoms with Gasteiger partial charge in [-0.3, -0.25) is 4.90 Å². The molecule has 3 unspecified atom stereocenters. The fraction of sp³-hybridized carbons (Fsp3) is 0.750. The number of piperidine rings is 1. The molecule has 1 fully saturated rings. The van der Waals surface area contributed by atoms with Crippen molar-refractivity contribution in [3.8, 4) is 0 Å². The molecule has 0 aromatic rings. The van der Waals surface area contributed by atoms with Crippen molar-refractivity contribution in [3.63, 3.8) is 0 Å². The number of likely N-dealkylation sites (tertiary alicyclic amines) is 1. The van der Waals surface area contributed by atoms with E-state index in [1.165, 1.54) is 6.42 Å². The molecule has 0 aromatic heterocycles. The first kappa shape index (κ1) is 16.8. The van der Waals surface area contributed by atoms with Gasteiger partial charge in [-0.05, 0) is 32.1 Å². The van der Waals surface area contributed by atoms with Crippen LogP contribution in [-0.2, 0) is 9.53 Å². The molecule has 1 saturated heterocycles.